The van der Waals surface area contributed by atoms with Crippen molar-refractivity contribution in [2.45, 2.75) is 44.6 Å². The van der Waals surface area contributed by atoms with Gasteiger partial charge >= 0.3 is 0 Å². The molecule has 4 nitrogen and oxygen atoms in total. The van der Waals surface area contributed by atoms with Gasteiger partial charge in [0.2, 0.25) is 0 Å². The molecule has 0 bridgehead atoms. The van der Waals surface area contributed by atoms with Crippen LogP contribution in [-0.2, 0) is 4.74 Å². The lowest BCUT2D eigenvalue weighted by Crippen LogP contribution is -2.45. The van der Waals surface area contributed by atoms with Crippen LogP contribution < -0.4 is 5.32 Å². The normalized spacial score (nSPS) is 27.3. The highest BCUT2D eigenvalue weighted by Gasteiger charge is 2.29. The van der Waals surface area contributed by atoms with E-state index in [9.17, 15) is 0 Å². The van der Waals surface area contributed by atoms with E-state index in [1.54, 1.807) is 0 Å². The van der Waals surface area contributed by atoms with Gasteiger partial charge in [-0.25, -0.2) is 0 Å². The Morgan fingerprint density at radius 3 is 2.68 bits per heavy atom. The monoisotopic (exact) mass is 270 g/mol. The topological polar surface area (TPSA) is 44.7 Å². The second kappa shape index (κ2) is 8.90. The van der Waals surface area contributed by atoms with E-state index < -0.39 is 0 Å². The standard InChI is InChI=1S/C15H30N2O2/c18-11-13-19-12-10-17-9-3-1-2-4-15(17)14-5-7-16-8-6-14/h14-16,18H,1-13H2. The first-order valence-electron chi connectivity index (χ1n) is 8.05. The maximum atomic E-state index is 8.76. The maximum Gasteiger partial charge on any atom is 0.0698 e. The van der Waals surface area contributed by atoms with E-state index in [-0.39, 0.29) is 6.61 Å². The molecule has 0 radical (unpaired) electrons. The summed E-state index contributed by atoms with van der Waals surface area (Å²) < 4.78 is 5.46. The van der Waals surface area contributed by atoms with Gasteiger partial charge in [-0.05, 0) is 51.2 Å². The van der Waals surface area contributed by atoms with Gasteiger partial charge in [0.05, 0.1) is 19.8 Å². The largest absolute Gasteiger partial charge is 0.394 e. The molecule has 2 saturated heterocycles. The number of likely N-dealkylation sites (tertiary alicyclic amines) is 1. The van der Waals surface area contributed by atoms with E-state index in [4.69, 9.17) is 9.84 Å². The second-order valence-corrected chi connectivity index (χ2v) is 5.88. The molecule has 2 N–H and O–H groups in total. The van der Waals surface area contributed by atoms with Crippen LogP contribution in [0.15, 0.2) is 0 Å². The predicted octanol–water partition coefficient (Wildman–Crippen LogP) is 1.24. The molecule has 0 aliphatic carbocycles. The van der Waals surface area contributed by atoms with Crippen molar-refractivity contribution in [3.63, 3.8) is 0 Å². The molecule has 2 rings (SSSR count). The summed E-state index contributed by atoms with van der Waals surface area (Å²) in [6.07, 6.45) is 8.14. The second-order valence-electron chi connectivity index (χ2n) is 5.88. The molecule has 2 fully saturated rings. The Kier molecular flexibility index (Phi) is 7.14. The lowest BCUT2D eigenvalue weighted by atomic mass is 9.87. The highest BCUT2D eigenvalue weighted by atomic mass is 16.5. The van der Waals surface area contributed by atoms with E-state index >= 15 is 0 Å². The Bertz CT molecular complexity index is 232. The molecule has 0 spiro atoms. The minimum atomic E-state index is 0.137. The molecule has 4 heteroatoms. The van der Waals surface area contributed by atoms with Gasteiger partial charge in [-0.2, -0.15) is 0 Å². The average Bonchev–Trinajstić information content (AvgIpc) is 2.70. The van der Waals surface area contributed by atoms with E-state index in [0.717, 1.165) is 25.1 Å². The fourth-order valence-corrected chi connectivity index (χ4v) is 3.58. The lowest BCUT2D eigenvalue weighted by molar-refractivity contribution is 0.0491. The Morgan fingerprint density at radius 1 is 1.05 bits per heavy atom. The van der Waals surface area contributed by atoms with E-state index in [1.807, 2.05) is 0 Å². The third-order valence-electron chi connectivity index (χ3n) is 4.60. The van der Waals surface area contributed by atoms with Crippen LogP contribution in [0.5, 0.6) is 0 Å². The van der Waals surface area contributed by atoms with Crippen LogP contribution in [0.4, 0.5) is 0 Å². The Morgan fingerprint density at radius 2 is 1.89 bits per heavy atom. The summed E-state index contributed by atoms with van der Waals surface area (Å²) in [6.45, 7) is 6.03. The van der Waals surface area contributed by atoms with Crippen LogP contribution >= 0.6 is 0 Å². The summed E-state index contributed by atoms with van der Waals surface area (Å²) in [6, 6.07) is 0.766. The van der Waals surface area contributed by atoms with Gasteiger partial charge < -0.3 is 15.2 Å². The average molecular weight is 270 g/mol. The summed E-state index contributed by atoms with van der Waals surface area (Å²) in [7, 11) is 0. The van der Waals surface area contributed by atoms with E-state index in [2.05, 4.69) is 10.2 Å². The summed E-state index contributed by atoms with van der Waals surface area (Å²) >= 11 is 0. The van der Waals surface area contributed by atoms with Crippen LogP contribution in [-0.4, -0.2) is 62.0 Å². The molecule has 2 heterocycles. The number of aliphatic hydroxyl groups excluding tert-OH is 1. The van der Waals surface area contributed by atoms with Crippen molar-refractivity contribution in [1.29, 1.82) is 0 Å². The zero-order valence-corrected chi connectivity index (χ0v) is 12.1. The first kappa shape index (κ1) is 15.2. The first-order valence-corrected chi connectivity index (χ1v) is 8.05. The maximum absolute atomic E-state index is 8.76. The van der Waals surface area contributed by atoms with Crippen molar-refractivity contribution in [3.05, 3.63) is 0 Å². The number of hydrogen-bond acceptors (Lipinski definition) is 4. The molecule has 19 heavy (non-hydrogen) atoms. The summed E-state index contributed by atoms with van der Waals surface area (Å²) in [5.41, 5.74) is 0. The molecule has 0 aromatic rings. The van der Waals surface area contributed by atoms with Gasteiger partial charge in [-0.3, -0.25) is 4.90 Å². The molecule has 0 aromatic carbocycles. The summed E-state index contributed by atoms with van der Waals surface area (Å²) in [5, 5.41) is 12.2. The molecule has 2 aliphatic rings. The van der Waals surface area contributed by atoms with Gasteiger partial charge in [0, 0.05) is 12.6 Å². The molecular formula is C15H30N2O2. The summed E-state index contributed by atoms with van der Waals surface area (Å²) in [5.74, 6) is 0.872. The zero-order valence-electron chi connectivity index (χ0n) is 12.1. The fraction of sp³-hybridized carbons (Fsp3) is 1.00. The van der Waals surface area contributed by atoms with Crippen molar-refractivity contribution in [3.8, 4) is 0 Å². The predicted molar refractivity (Wildman–Crippen MR) is 77.3 cm³/mol. The Balaban J connectivity index is 1.83. The Hall–Kier alpha value is -0.160. The van der Waals surface area contributed by atoms with Crippen molar-refractivity contribution in [2.75, 3.05) is 46.0 Å². The summed E-state index contributed by atoms with van der Waals surface area (Å²) in [4.78, 5) is 2.67. The van der Waals surface area contributed by atoms with Crippen LogP contribution in [0.25, 0.3) is 0 Å². The minimum absolute atomic E-state index is 0.137. The number of nitrogens with one attached hydrogen (secondary N) is 1. The quantitative estimate of drug-likeness (QED) is 0.713. The number of rotatable bonds is 6. The molecule has 0 saturated carbocycles. The zero-order chi connectivity index (χ0) is 13.3. The van der Waals surface area contributed by atoms with Gasteiger partial charge in [-0.1, -0.05) is 12.8 Å². The van der Waals surface area contributed by atoms with Crippen LogP contribution in [0.3, 0.4) is 0 Å². The highest BCUT2D eigenvalue weighted by molar-refractivity contribution is 4.84. The smallest absolute Gasteiger partial charge is 0.0698 e. The highest BCUT2D eigenvalue weighted by Crippen LogP contribution is 2.27. The molecule has 1 unspecified atom stereocenters. The lowest BCUT2D eigenvalue weighted by Gasteiger charge is -2.38. The van der Waals surface area contributed by atoms with Gasteiger partial charge in [0.25, 0.3) is 0 Å². The molecule has 112 valence electrons. The molecule has 1 atom stereocenters. The number of aliphatic hydroxyl groups is 1. The van der Waals surface area contributed by atoms with Crippen molar-refractivity contribution in [2.24, 2.45) is 5.92 Å². The first-order chi connectivity index (χ1) is 9.42. The van der Waals surface area contributed by atoms with Crippen LogP contribution in [0.2, 0.25) is 0 Å². The third kappa shape index (κ3) is 5.03. The number of nitrogens with zero attached hydrogens (tertiary/aromatic N) is 1. The molecule has 2 aliphatic heterocycles. The minimum Gasteiger partial charge on any atom is -0.394 e. The van der Waals surface area contributed by atoms with Gasteiger partial charge in [-0.15, -0.1) is 0 Å². The Labute approximate surface area is 117 Å². The SMILES string of the molecule is OCCOCCN1CCCCCC1C1CCNCC1. The van der Waals surface area contributed by atoms with E-state index in [0.29, 0.717) is 6.61 Å². The fourth-order valence-electron chi connectivity index (χ4n) is 3.58. The molecule has 0 amide bonds. The third-order valence-corrected chi connectivity index (χ3v) is 4.60. The number of piperidine rings is 1. The van der Waals surface area contributed by atoms with E-state index in [1.165, 1.54) is 58.2 Å². The number of ether oxygens (including phenoxy) is 1. The van der Waals surface area contributed by atoms with Gasteiger partial charge in [0.1, 0.15) is 0 Å². The van der Waals surface area contributed by atoms with Crippen molar-refractivity contribution < 1.29 is 9.84 Å². The van der Waals surface area contributed by atoms with Crippen molar-refractivity contribution >= 4 is 0 Å². The van der Waals surface area contributed by atoms with Crippen LogP contribution in [0, 0.1) is 5.92 Å². The van der Waals surface area contributed by atoms with Crippen molar-refractivity contribution in [1.82, 2.24) is 10.2 Å². The molecule has 0 aromatic heterocycles. The number of hydrogen-bond donors (Lipinski definition) is 2. The van der Waals surface area contributed by atoms with Crippen LogP contribution in [0.1, 0.15) is 38.5 Å². The van der Waals surface area contributed by atoms with Gasteiger partial charge in [0.15, 0.2) is 0 Å². The molecular weight excluding hydrogens is 240 g/mol.